The van der Waals surface area contributed by atoms with Crippen LogP contribution in [0.25, 0.3) is 0 Å². The fourth-order valence-corrected chi connectivity index (χ4v) is 3.09. The Labute approximate surface area is 194 Å². The van der Waals surface area contributed by atoms with Gasteiger partial charge in [0.25, 0.3) is 0 Å². The number of nitrogens with two attached hydrogens (primary N) is 1. The molecule has 184 valence electrons. The second-order valence-electron chi connectivity index (χ2n) is 8.82. The Morgan fingerprint density at radius 1 is 0.818 bits per heavy atom. The van der Waals surface area contributed by atoms with Crippen LogP contribution in [0.15, 0.2) is 30.3 Å². The van der Waals surface area contributed by atoms with Crippen LogP contribution in [0.4, 0.5) is 0 Å². The Kier molecular flexibility index (Phi) is 11.0. The van der Waals surface area contributed by atoms with Gasteiger partial charge in [-0.3, -0.25) is 14.4 Å². The van der Waals surface area contributed by atoms with Crippen molar-refractivity contribution in [3.05, 3.63) is 35.9 Å². The van der Waals surface area contributed by atoms with Crippen molar-refractivity contribution in [3.63, 3.8) is 0 Å². The lowest BCUT2D eigenvalue weighted by Crippen LogP contribution is -2.60. The van der Waals surface area contributed by atoms with Crippen molar-refractivity contribution < 1.29 is 29.4 Å². The molecular weight excluding hydrogens is 428 g/mol. The van der Waals surface area contributed by atoms with Crippen LogP contribution in [-0.2, 0) is 25.6 Å². The highest BCUT2D eigenvalue weighted by atomic mass is 16.4. The number of carbonyl (C=O) groups excluding carboxylic acids is 3. The second-order valence-corrected chi connectivity index (χ2v) is 8.82. The molecule has 1 aromatic carbocycles. The van der Waals surface area contributed by atoms with Crippen LogP contribution < -0.4 is 21.7 Å². The number of hydrogen-bond acceptors (Lipinski definition) is 6. The number of aliphatic hydroxyl groups is 1. The first kappa shape index (κ1) is 28.1. The van der Waals surface area contributed by atoms with Crippen molar-refractivity contribution in [2.45, 2.75) is 71.3 Å². The van der Waals surface area contributed by atoms with Crippen LogP contribution >= 0.6 is 0 Å². The summed E-state index contributed by atoms with van der Waals surface area (Å²) >= 11 is 0. The second kappa shape index (κ2) is 12.9. The summed E-state index contributed by atoms with van der Waals surface area (Å²) in [7, 11) is 0. The summed E-state index contributed by atoms with van der Waals surface area (Å²) in [6.07, 6.45) is -0.996. The summed E-state index contributed by atoms with van der Waals surface area (Å²) < 4.78 is 0. The van der Waals surface area contributed by atoms with E-state index in [0.29, 0.717) is 0 Å². The van der Waals surface area contributed by atoms with Gasteiger partial charge in [-0.1, -0.05) is 58.0 Å². The molecule has 33 heavy (non-hydrogen) atoms. The quantitative estimate of drug-likeness (QED) is 0.248. The number of carboxylic acid groups (broad SMARTS) is 1. The summed E-state index contributed by atoms with van der Waals surface area (Å²) in [4.78, 5) is 49.8. The van der Waals surface area contributed by atoms with Crippen molar-refractivity contribution in [2.24, 2.45) is 17.6 Å². The number of aliphatic carboxylic acids is 1. The molecule has 0 saturated carbocycles. The molecule has 1 aromatic rings. The summed E-state index contributed by atoms with van der Waals surface area (Å²) in [6.45, 7) is 8.12. The summed E-state index contributed by atoms with van der Waals surface area (Å²) in [5.74, 6) is -3.86. The third-order valence-electron chi connectivity index (χ3n) is 5.22. The molecule has 3 amide bonds. The summed E-state index contributed by atoms with van der Waals surface area (Å²) in [6, 6.07) is 4.51. The fourth-order valence-electron chi connectivity index (χ4n) is 3.09. The molecule has 5 atom stereocenters. The molecule has 0 fully saturated rings. The largest absolute Gasteiger partial charge is 0.480 e. The molecule has 10 heteroatoms. The molecule has 5 unspecified atom stereocenters. The Hall–Kier alpha value is -2.98. The van der Waals surface area contributed by atoms with E-state index < -0.39 is 54.0 Å². The van der Waals surface area contributed by atoms with Crippen LogP contribution in [-0.4, -0.2) is 64.2 Å². The molecule has 0 aliphatic heterocycles. The summed E-state index contributed by atoms with van der Waals surface area (Å²) in [5.41, 5.74) is 6.46. The van der Waals surface area contributed by atoms with Gasteiger partial charge < -0.3 is 31.9 Å². The van der Waals surface area contributed by atoms with Gasteiger partial charge in [0.15, 0.2) is 0 Å². The third-order valence-corrected chi connectivity index (χ3v) is 5.22. The lowest BCUT2D eigenvalue weighted by atomic mass is 9.99. The highest BCUT2D eigenvalue weighted by molar-refractivity contribution is 5.94. The minimum absolute atomic E-state index is 0.126. The zero-order valence-electron chi connectivity index (χ0n) is 19.7. The third kappa shape index (κ3) is 8.82. The maximum atomic E-state index is 13.1. The number of carbonyl (C=O) groups is 4. The molecule has 1 rings (SSSR count). The lowest BCUT2D eigenvalue weighted by molar-refractivity contribution is -0.144. The van der Waals surface area contributed by atoms with Gasteiger partial charge in [0.1, 0.15) is 24.2 Å². The van der Waals surface area contributed by atoms with Gasteiger partial charge in [-0.15, -0.1) is 0 Å². The van der Waals surface area contributed by atoms with E-state index in [-0.39, 0.29) is 18.3 Å². The molecule has 0 aromatic heterocycles. The van der Waals surface area contributed by atoms with Gasteiger partial charge in [0.2, 0.25) is 17.7 Å². The Morgan fingerprint density at radius 2 is 1.33 bits per heavy atom. The number of amides is 3. The molecule has 0 aliphatic rings. The Morgan fingerprint density at radius 3 is 1.79 bits per heavy atom. The van der Waals surface area contributed by atoms with Crippen LogP contribution in [0.1, 0.15) is 40.2 Å². The molecule has 0 saturated heterocycles. The van der Waals surface area contributed by atoms with Gasteiger partial charge in [0.05, 0.1) is 6.10 Å². The molecule has 0 bridgehead atoms. The number of hydrogen-bond donors (Lipinski definition) is 6. The van der Waals surface area contributed by atoms with E-state index in [1.54, 1.807) is 52.0 Å². The van der Waals surface area contributed by atoms with Crippen molar-refractivity contribution in [1.82, 2.24) is 16.0 Å². The van der Waals surface area contributed by atoms with E-state index in [0.717, 1.165) is 5.56 Å². The monoisotopic (exact) mass is 464 g/mol. The Bertz CT molecular complexity index is 812. The van der Waals surface area contributed by atoms with Gasteiger partial charge in [-0.25, -0.2) is 4.79 Å². The highest BCUT2D eigenvalue weighted by Gasteiger charge is 2.33. The highest BCUT2D eigenvalue weighted by Crippen LogP contribution is 2.09. The molecular formula is C23H36N4O6. The first-order chi connectivity index (χ1) is 15.3. The molecule has 10 nitrogen and oxygen atoms in total. The average molecular weight is 465 g/mol. The van der Waals surface area contributed by atoms with Gasteiger partial charge in [-0.2, -0.15) is 0 Å². The maximum absolute atomic E-state index is 13.1. The Balaban J connectivity index is 3.08. The van der Waals surface area contributed by atoms with E-state index in [9.17, 15) is 29.4 Å². The first-order valence-electron chi connectivity index (χ1n) is 11.0. The van der Waals surface area contributed by atoms with Crippen LogP contribution in [0, 0.1) is 11.8 Å². The predicted molar refractivity (Wildman–Crippen MR) is 123 cm³/mol. The standard InChI is InChI=1S/C23H36N4O6/c1-12(2)18(22(31)27-19(13(3)4)23(32)33)26-20(29)16(11-15-9-7-6-8-10-15)25-21(30)17(24)14(5)28/h6-10,12-14,16-19,28H,11,24H2,1-5H3,(H,25,30)(H,26,29)(H,27,31)(H,32,33). The molecule has 0 heterocycles. The fraction of sp³-hybridized carbons (Fsp3) is 0.565. The predicted octanol–water partition coefficient (Wildman–Crippen LogP) is -0.212. The van der Waals surface area contributed by atoms with Crippen LogP contribution in [0.5, 0.6) is 0 Å². The smallest absolute Gasteiger partial charge is 0.326 e. The van der Waals surface area contributed by atoms with Crippen LogP contribution in [0.3, 0.4) is 0 Å². The minimum Gasteiger partial charge on any atom is -0.480 e. The van der Waals surface area contributed by atoms with Crippen molar-refractivity contribution in [1.29, 1.82) is 0 Å². The SMILES string of the molecule is CC(C)C(NC(=O)C(NC(=O)C(Cc1ccccc1)NC(=O)C(N)C(C)O)C(C)C)C(=O)O. The molecule has 0 spiro atoms. The minimum atomic E-state index is -1.23. The molecule has 7 N–H and O–H groups in total. The number of aliphatic hydroxyl groups excluding tert-OH is 1. The molecule has 0 aliphatic carbocycles. The zero-order chi connectivity index (χ0) is 25.3. The van der Waals surface area contributed by atoms with Crippen molar-refractivity contribution >= 4 is 23.7 Å². The summed E-state index contributed by atoms with van der Waals surface area (Å²) in [5, 5.41) is 26.6. The van der Waals surface area contributed by atoms with E-state index >= 15 is 0 Å². The number of nitrogens with one attached hydrogen (secondary N) is 3. The lowest BCUT2D eigenvalue weighted by Gasteiger charge is -2.28. The molecule has 0 radical (unpaired) electrons. The van der Waals surface area contributed by atoms with E-state index in [2.05, 4.69) is 16.0 Å². The van der Waals surface area contributed by atoms with E-state index in [1.807, 2.05) is 6.07 Å². The normalized spacial score (nSPS) is 15.8. The first-order valence-corrected chi connectivity index (χ1v) is 11.0. The van der Waals surface area contributed by atoms with Gasteiger partial charge in [0, 0.05) is 6.42 Å². The van der Waals surface area contributed by atoms with Gasteiger partial charge in [-0.05, 0) is 24.3 Å². The van der Waals surface area contributed by atoms with Gasteiger partial charge >= 0.3 is 5.97 Å². The van der Waals surface area contributed by atoms with E-state index in [4.69, 9.17) is 5.73 Å². The number of carboxylic acids is 1. The average Bonchev–Trinajstić information content (AvgIpc) is 2.74. The maximum Gasteiger partial charge on any atom is 0.326 e. The number of benzene rings is 1. The van der Waals surface area contributed by atoms with Crippen molar-refractivity contribution in [2.75, 3.05) is 0 Å². The number of rotatable bonds is 12. The topological polar surface area (TPSA) is 171 Å². The van der Waals surface area contributed by atoms with Crippen molar-refractivity contribution in [3.8, 4) is 0 Å². The zero-order valence-corrected chi connectivity index (χ0v) is 19.7. The van der Waals surface area contributed by atoms with Crippen LogP contribution in [0.2, 0.25) is 0 Å². The van der Waals surface area contributed by atoms with E-state index in [1.165, 1.54) is 6.92 Å².